The van der Waals surface area contributed by atoms with Gasteiger partial charge in [0.15, 0.2) is 5.82 Å². The summed E-state index contributed by atoms with van der Waals surface area (Å²) in [6.07, 6.45) is 6.03. The molecular weight excluding hydrogens is 262 g/mol. The van der Waals surface area contributed by atoms with Crippen LogP contribution in [0.1, 0.15) is 37.9 Å². The predicted octanol–water partition coefficient (Wildman–Crippen LogP) is 3.02. The summed E-state index contributed by atoms with van der Waals surface area (Å²) in [6, 6.07) is 0.403. The highest BCUT2D eigenvalue weighted by molar-refractivity contribution is 5.85. The quantitative estimate of drug-likeness (QED) is 0.917. The van der Waals surface area contributed by atoms with Crippen LogP contribution in [0, 0.1) is 6.92 Å². The number of halogens is 1. The van der Waals surface area contributed by atoms with E-state index in [4.69, 9.17) is 0 Å². The lowest BCUT2D eigenvalue weighted by molar-refractivity contribution is 0.532. The van der Waals surface area contributed by atoms with Gasteiger partial charge < -0.3 is 5.32 Å². The van der Waals surface area contributed by atoms with Crippen molar-refractivity contribution in [1.82, 2.24) is 19.6 Å². The maximum Gasteiger partial charge on any atom is 0.151 e. The summed E-state index contributed by atoms with van der Waals surface area (Å²) in [7, 11) is 0. The summed E-state index contributed by atoms with van der Waals surface area (Å²) in [5.74, 6) is 0.953. The lowest BCUT2D eigenvalue weighted by Crippen LogP contribution is -2.02. The third-order valence-corrected chi connectivity index (χ3v) is 2.91. The van der Waals surface area contributed by atoms with E-state index in [-0.39, 0.29) is 12.4 Å². The van der Waals surface area contributed by atoms with Gasteiger partial charge in [0.25, 0.3) is 0 Å². The minimum absolute atomic E-state index is 0. The van der Waals surface area contributed by atoms with Crippen molar-refractivity contribution in [3.05, 3.63) is 29.7 Å². The Bertz CT molecular complexity index is 515. The van der Waals surface area contributed by atoms with Gasteiger partial charge >= 0.3 is 0 Å². The van der Waals surface area contributed by atoms with E-state index in [9.17, 15) is 0 Å². The maximum absolute atomic E-state index is 4.46. The smallest absolute Gasteiger partial charge is 0.151 e. The van der Waals surface area contributed by atoms with Crippen molar-refractivity contribution in [3.63, 3.8) is 0 Å². The van der Waals surface area contributed by atoms with Crippen LogP contribution in [0.15, 0.2) is 18.6 Å². The molecular formula is C13H22ClN5. The molecule has 0 bridgehead atoms. The third-order valence-electron chi connectivity index (χ3n) is 2.91. The van der Waals surface area contributed by atoms with Gasteiger partial charge in [-0.15, -0.1) is 12.4 Å². The van der Waals surface area contributed by atoms with Crippen LogP contribution < -0.4 is 5.32 Å². The van der Waals surface area contributed by atoms with E-state index in [0.717, 1.165) is 18.9 Å². The summed E-state index contributed by atoms with van der Waals surface area (Å²) in [4.78, 5) is 0. The van der Waals surface area contributed by atoms with Gasteiger partial charge in [-0.3, -0.25) is 9.36 Å². The van der Waals surface area contributed by atoms with E-state index < -0.39 is 0 Å². The van der Waals surface area contributed by atoms with E-state index in [0.29, 0.717) is 6.04 Å². The summed E-state index contributed by atoms with van der Waals surface area (Å²) in [5.41, 5.74) is 2.35. The van der Waals surface area contributed by atoms with Crippen molar-refractivity contribution >= 4 is 18.2 Å². The van der Waals surface area contributed by atoms with Gasteiger partial charge in [-0.1, -0.05) is 0 Å². The average molecular weight is 284 g/mol. The molecule has 1 N–H and O–H groups in total. The van der Waals surface area contributed by atoms with E-state index in [1.54, 1.807) is 0 Å². The molecule has 2 aromatic rings. The second kappa shape index (κ2) is 6.61. The van der Waals surface area contributed by atoms with Crippen molar-refractivity contribution in [2.45, 2.75) is 46.8 Å². The summed E-state index contributed by atoms with van der Waals surface area (Å²) in [5, 5.41) is 12.1. The molecule has 0 aromatic carbocycles. The zero-order valence-corrected chi connectivity index (χ0v) is 12.7. The van der Waals surface area contributed by atoms with Crippen LogP contribution in [-0.2, 0) is 13.1 Å². The third kappa shape index (κ3) is 3.73. The second-order valence-electron chi connectivity index (χ2n) is 4.79. The highest BCUT2D eigenvalue weighted by Gasteiger charge is 2.05. The average Bonchev–Trinajstić information content (AvgIpc) is 2.93. The molecule has 19 heavy (non-hydrogen) atoms. The predicted molar refractivity (Wildman–Crippen MR) is 79.8 cm³/mol. The second-order valence-corrected chi connectivity index (χ2v) is 4.79. The Labute approximate surface area is 120 Å². The largest absolute Gasteiger partial charge is 0.364 e. The van der Waals surface area contributed by atoms with E-state index >= 15 is 0 Å². The Morgan fingerprint density at radius 1 is 1.32 bits per heavy atom. The molecule has 0 aliphatic heterocycles. The molecule has 0 spiro atoms. The number of hydrogen-bond acceptors (Lipinski definition) is 3. The zero-order chi connectivity index (χ0) is 13.1. The van der Waals surface area contributed by atoms with E-state index in [1.165, 1.54) is 11.1 Å². The SMILES string of the molecule is CCn1cc(C)c(NCc2cnn(C(C)C)c2)n1.Cl. The molecule has 5 nitrogen and oxygen atoms in total. The first-order chi connectivity index (χ1) is 8.60. The standard InChI is InChI=1S/C13H21N5.ClH/c1-5-17-8-11(4)13(16-17)14-6-12-7-15-18(9-12)10(2)3;/h7-10H,5-6H2,1-4H3,(H,14,16);1H. The molecule has 0 saturated heterocycles. The summed E-state index contributed by atoms with van der Waals surface area (Å²) >= 11 is 0. The Kier molecular flexibility index (Phi) is 5.42. The number of anilines is 1. The van der Waals surface area contributed by atoms with Crippen molar-refractivity contribution in [2.24, 2.45) is 0 Å². The van der Waals surface area contributed by atoms with Gasteiger partial charge in [0.1, 0.15) is 0 Å². The van der Waals surface area contributed by atoms with Gasteiger partial charge in [-0.2, -0.15) is 10.2 Å². The van der Waals surface area contributed by atoms with Gasteiger partial charge in [0.05, 0.1) is 6.20 Å². The molecule has 2 aromatic heterocycles. The van der Waals surface area contributed by atoms with Crippen molar-refractivity contribution in [1.29, 1.82) is 0 Å². The number of aryl methyl sites for hydroxylation is 2. The zero-order valence-electron chi connectivity index (χ0n) is 11.9. The molecule has 0 fully saturated rings. The molecule has 0 radical (unpaired) electrons. The molecule has 0 aliphatic rings. The first-order valence-electron chi connectivity index (χ1n) is 6.41. The molecule has 106 valence electrons. The topological polar surface area (TPSA) is 47.7 Å². The highest BCUT2D eigenvalue weighted by Crippen LogP contribution is 2.13. The molecule has 2 heterocycles. The monoisotopic (exact) mass is 283 g/mol. The van der Waals surface area contributed by atoms with Crippen LogP contribution in [-0.4, -0.2) is 19.6 Å². The molecule has 0 unspecified atom stereocenters. The van der Waals surface area contributed by atoms with Crippen LogP contribution in [0.4, 0.5) is 5.82 Å². The van der Waals surface area contributed by atoms with E-state index in [2.05, 4.69) is 55.6 Å². The Balaban J connectivity index is 0.00000180. The fraction of sp³-hybridized carbons (Fsp3) is 0.538. The van der Waals surface area contributed by atoms with Crippen LogP contribution in [0.5, 0.6) is 0 Å². The van der Waals surface area contributed by atoms with Crippen molar-refractivity contribution in [3.8, 4) is 0 Å². The van der Waals surface area contributed by atoms with Crippen LogP contribution >= 0.6 is 12.4 Å². The minimum atomic E-state index is 0. The number of nitrogens with zero attached hydrogens (tertiary/aromatic N) is 4. The van der Waals surface area contributed by atoms with E-state index in [1.807, 2.05) is 15.6 Å². The van der Waals surface area contributed by atoms with Gasteiger partial charge in [-0.05, 0) is 27.7 Å². The minimum Gasteiger partial charge on any atom is -0.364 e. The fourth-order valence-electron chi connectivity index (χ4n) is 1.79. The van der Waals surface area contributed by atoms with Crippen LogP contribution in [0.25, 0.3) is 0 Å². The molecule has 0 atom stereocenters. The van der Waals surface area contributed by atoms with Gasteiger partial charge in [0, 0.05) is 42.7 Å². The van der Waals surface area contributed by atoms with Crippen molar-refractivity contribution < 1.29 is 0 Å². The van der Waals surface area contributed by atoms with Crippen LogP contribution in [0.2, 0.25) is 0 Å². The Morgan fingerprint density at radius 3 is 2.58 bits per heavy atom. The van der Waals surface area contributed by atoms with Crippen molar-refractivity contribution in [2.75, 3.05) is 5.32 Å². The first-order valence-corrected chi connectivity index (χ1v) is 6.41. The maximum atomic E-state index is 4.46. The molecule has 2 rings (SSSR count). The normalized spacial score (nSPS) is 10.6. The number of aromatic nitrogens is 4. The van der Waals surface area contributed by atoms with Crippen LogP contribution in [0.3, 0.4) is 0 Å². The number of hydrogen-bond donors (Lipinski definition) is 1. The summed E-state index contributed by atoms with van der Waals surface area (Å²) in [6.45, 7) is 10.1. The number of rotatable bonds is 5. The summed E-state index contributed by atoms with van der Waals surface area (Å²) < 4.78 is 3.91. The molecule has 0 aliphatic carbocycles. The highest BCUT2D eigenvalue weighted by atomic mass is 35.5. The molecule has 0 saturated carbocycles. The Hall–Kier alpha value is -1.49. The van der Waals surface area contributed by atoms with Gasteiger partial charge in [0.2, 0.25) is 0 Å². The lowest BCUT2D eigenvalue weighted by Gasteiger charge is -2.04. The Morgan fingerprint density at radius 2 is 2.05 bits per heavy atom. The molecule has 0 amide bonds. The fourth-order valence-corrected chi connectivity index (χ4v) is 1.79. The molecule has 6 heteroatoms. The first kappa shape index (κ1) is 15.6. The van der Waals surface area contributed by atoms with Gasteiger partial charge in [-0.25, -0.2) is 0 Å². The lowest BCUT2D eigenvalue weighted by atomic mass is 10.3. The number of nitrogens with one attached hydrogen (secondary N) is 1.